The van der Waals surface area contributed by atoms with E-state index in [1.807, 2.05) is 0 Å². The molecule has 0 bridgehead atoms. The molecular formula is C13H11ClFN3O. The van der Waals surface area contributed by atoms with Crippen molar-refractivity contribution >= 4 is 34.6 Å². The fraction of sp³-hybridized carbons (Fsp3) is 0. The standard InChI is InChI=1S/C13H11ClFN3O/c14-7-1-3-12(10(15)5-7)18-11-4-2-8(16)6-9(11)13(17)19/h1-6,18H,16H2,(H2,17,19). The quantitative estimate of drug-likeness (QED) is 0.756. The SMILES string of the molecule is NC(=O)c1cc(N)ccc1Nc1ccc(Cl)cc1F. The Morgan fingerprint density at radius 3 is 2.47 bits per heavy atom. The van der Waals surface area contributed by atoms with Crippen molar-refractivity contribution in [3.05, 3.63) is 52.8 Å². The first-order chi connectivity index (χ1) is 8.97. The van der Waals surface area contributed by atoms with E-state index >= 15 is 0 Å². The Kier molecular flexibility index (Phi) is 3.57. The Morgan fingerprint density at radius 2 is 1.84 bits per heavy atom. The molecule has 0 fully saturated rings. The van der Waals surface area contributed by atoms with Gasteiger partial charge in [0.25, 0.3) is 5.91 Å². The van der Waals surface area contributed by atoms with E-state index in [2.05, 4.69) is 5.32 Å². The van der Waals surface area contributed by atoms with Gasteiger partial charge in [0.1, 0.15) is 5.82 Å². The third kappa shape index (κ3) is 2.95. The second kappa shape index (κ2) is 5.16. The highest BCUT2D eigenvalue weighted by Gasteiger charge is 2.11. The molecule has 0 aliphatic heterocycles. The summed E-state index contributed by atoms with van der Waals surface area (Å²) in [4.78, 5) is 11.3. The zero-order valence-corrected chi connectivity index (χ0v) is 10.5. The number of nitrogens with one attached hydrogen (secondary N) is 1. The molecule has 4 nitrogen and oxygen atoms in total. The third-order valence-electron chi connectivity index (χ3n) is 2.51. The Morgan fingerprint density at radius 1 is 1.16 bits per heavy atom. The van der Waals surface area contributed by atoms with Crippen molar-refractivity contribution in [3.63, 3.8) is 0 Å². The predicted octanol–water partition coefficient (Wildman–Crippen LogP) is 2.90. The van der Waals surface area contributed by atoms with E-state index in [4.69, 9.17) is 23.1 Å². The highest BCUT2D eigenvalue weighted by molar-refractivity contribution is 6.30. The number of hydrogen-bond acceptors (Lipinski definition) is 3. The van der Waals surface area contributed by atoms with Gasteiger partial charge in [0.2, 0.25) is 0 Å². The van der Waals surface area contributed by atoms with Gasteiger partial charge in [-0.15, -0.1) is 0 Å². The molecule has 2 aromatic rings. The van der Waals surface area contributed by atoms with Crippen LogP contribution >= 0.6 is 11.6 Å². The van der Waals surface area contributed by atoms with Crippen LogP contribution in [-0.4, -0.2) is 5.91 Å². The highest BCUT2D eigenvalue weighted by Crippen LogP contribution is 2.26. The van der Waals surface area contributed by atoms with Crippen LogP contribution in [0.4, 0.5) is 21.5 Å². The van der Waals surface area contributed by atoms with Gasteiger partial charge in [0.15, 0.2) is 0 Å². The maximum Gasteiger partial charge on any atom is 0.250 e. The molecule has 6 heteroatoms. The number of primary amides is 1. The average Bonchev–Trinajstić information content (AvgIpc) is 2.34. The van der Waals surface area contributed by atoms with E-state index in [1.165, 1.54) is 24.3 Å². The molecule has 0 aromatic heterocycles. The summed E-state index contributed by atoms with van der Waals surface area (Å²) in [5.41, 5.74) is 12.0. The maximum atomic E-state index is 13.7. The number of nitrogens with two attached hydrogens (primary N) is 2. The minimum atomic E-state index is -0.649. The van der Waals surface area contributed by atoms with Crippen LogP contribution in [-0.2, 0) is 0 Å². The molecule has 2 aromatic carbocycles. The molecule has 0 aliphatic rings. The second-order valence-corrected chi connectivity index (χ2v) is 4.35. The van der Waals surface area contributed by atoms with Gasteiger partial charge in [-0.05, 0) is 36.4 Å². The number of rotatable bonds is 3. The summed E-state index contributed by atoms with van der Waals surface area (Å²) in [7, 11) is 0. The van der Waals surface area contributed by atoms with E-state index < -0.39 is 11.7 Å². The van der Waals surface area contributed by atoms with Crippen molar-refractivity contribution in [3.8, 4) is 0 Å². The number of hydrogen-bond donors (Lipinski definition) is 3. The van der Waals surface area contributed by atoms with Gasteiger partial charge in [-0.3, -0.25) is 4.79 Å². The first kappa shape index (κ1) is 13.2. The average molecular weight is 280 g/mol. The summed E-state index contributed by atoms with van der Waals surface area (Å²) in [6.07, 6.45) is 0. The number of benzene rings is 2. The van der Waals surface area contributed by atoms with Crippen LogP contribution in [0.3, 0.4) is 0 Å². The molecule has 0 unspecified atom stereocenters. The van der Waals surface area contributed by atoms with Crippen molar-refractivity contribution in [2.24, 2.45) is 5.73 Å². The van der Waals surface area contributed by atoms with E-state index in [9.17, 15) is 9.18 Å². The van der Waals surface area contributed by atoms with Crippen LogP contribution in [0.25, 0.3) is 0 Å². The van der Waals surface area contributed by atoms with E-state index in [1.54, 1.807) is 12.1 Å². The Hall–Kier alpha value is -2.27. The van der Waals surface area contributed by atoms with Gasteiger partial charge in [0, 0.05) is 10.7 Å². The summed E-state index contributed by atoms with van der Waals surface area (Å²) < 4.78 is 13.7. The molecule has 0 heterocycles. The highest BCUT2D eigenvalue weighted by atomic mass is 35.5. The molecule has 0 saturated carbocycles. The monoisotopic (exact) mass is 279 g/mol. The first-order valence-corrected chi connectivity index (χ1v) is 5.76. The Bertz CT molecular complexity index is 646. The molecular weight excluding hydrogens is 269 g/mol. The second-order valence-electron chi connectivity index (χ2n) is 3.92. The molecule has 5 N–H and O–H groups in total. The first-order valence-electron chi connectivity index (χ1n) is 5.39. The van der Waals surface area contributed by atoms with Crippen LogP contribution in [0.15, 0.2) is 36.4 Å². The third-order valence-corrected chi connectivity index (χ3v) is 2.74. The summed E-state index contributed by atoms with van der Waals surface area (Å²) in [5, 5.41) is 3.07. The van der Waals surface area contributed by atoms with Gasteiger partial charge in [-0.2, -0.15) is 0 Å². The van der Waals surface area contributed by atoms with Gasteiger partial charge in [0.05, 0.1) is 16.9 Å². The van der Waals surface area contributed by atoms with Crippen LogP contribution in [0.1, 0.15) is 10.4 Å². The van der Waals surface area contributed by atoms with Crippen LogP contribution in [0, 0.1) is 5.82 Å². The number of carbonyl (C=O) groups is 1. The predicted molar refractivity (Wildman–Crippen MR) is 74.1 cm³/mol. The van der Waals surface area contributed by atoms with Gasteiger partial charge >= 0.3 is 0 Å². The molecule has 0 radical (unpaired) electrons. The van der Waals surface area contributed by atoms with Crippen molar-refractivity contribution < 1.29 is 9.18 Å². The lowest BCUT2D eigenvalue weighted by atomic mass is 10.1. The number of carbonyl (C=O) groups excluding carboxylic acids is 1. The molecule has 0 aliphatic carbocycles. The smallest absolute Gasteiger partial charge is 0.250 e. The van der Waals surface area contributed by atoms with Crippen LogP contribution in [0.2, 0.25) is 5.02 Å². The number of nitrogen functional groups attached to an aromatic ring is 1. The maximum absolute atomic E-state index is 13.7. The minimum Gasteiger partial charge on any atom is -0.399 e. The topological polar surface area (TPSA) is 81.1 Å². The lowest BCUT2D eigenvalue weighted by Crippen LogP contribution is -2.14. The van der Waals surface area contributed by atoms with Crippen LogP contribution < -0.4 is 16.8 Å². The number of halogens is 2. The lowest BCUT2D eigenvalue weighted by molar-refractivity contribution is 0.100. The van der Waals surface area contributed by atoms with Crippen LogP contribution in [0.5, 0.6) is 0 Å². The summed E-state index contributed by atoms with van der Waals surface area (Å²) >= 11 is 5.66. The number of anilines is 3. The molecule has 2 rings (SSSR count). The summed E-state index contributed by atoms with van der Waals surface area (Å²) in [5.74, 6) is -1.18. The molecule has 0 spiro atoms. The van der Waals surface area contributed by atoms with E-state index in [-0.39, 0.29) is 16.3 Å². The molecule has 0 saturated heterocycles. The molecule has 0 atom stereocenters. The lowest BCUT2D eigenvalue weighted by Gasteiger charge is -2.11. The van der Waals surface area contributed by atoms with Gasteiger partial charge in [-0.1, -0.05) is 11.6 Å². The zero-order valence-electron chi connectivity index (χ0n) is 9.78. The molecule has 19 heavy (non-hydrogen) atoms. The molecule has 98 valence electrons. The van der Waals surface area contributed by atoms with Crippen molar-refractivity contribution in [2.75, 3.05) is 11.1 Å². The Balaban J connectivity index is 2.40. The fourth-order valence-corrected chi connectivity index (χ4v) is 1.77. The summed E-state index contributed by atoms with van der Waals surface area (Å²) in [6.45, 7) is 0. The fourth-order valence-electron chi connectivity index (χ4n) is 1.61. The largest absolute Gasteiger partial charge is 0.399 e. The zero-order chi connectivity index (χ0) is 14.0. The molecule has 1 amide bonds. The Labute approximate surface area is 114 Å². The van der Waals surface area contributed by atoms with Crippen molar-refractivity contribution in [1.82, 2.24) is 0 Å². The number of amides is 1. The summed E-state index contributed by atoms with van der Waals surface area (Å²) in [6, 6.07) is 8.75. The van der Waals surface area contributed by atoms with Crippen molar-refractivity contribution in [2.45, 2.75) is 0 Å². The normalized spacial score (nSPS) is 10.2. The van der Waals surface area contributed by atoms with Gasteiger partial charge in [-0.25, -0.2) is 4.39 Å². The van der Waals surface area contributed by atoms with Crippen molar-refractivity contribution in [1.29, 1.82) is 0 Å². The van der Waals surface area contributed by atoms with E-state index in [0.29, 0.717) is 11.4 Å². The van der Waals surface area contributed by atoms with E-state index in [0.717, 1.165) is 0 Å². The minimum absolute atomic E-state index is 0.189. The van der Waals surface area contributed by atoms with Gasteiger partial charge < -0.3 is 16.8 Å².